The summed E-state index contributed by atoms with van der Waals surface area (Å²) in [5.41, 5.74) is 0. The quantitative estimate of drug-likeness (QED) is 0.695. The lowest BCUT2D eigenvalue weighted by atomic mass is 9.93. The number of hydrogen-bond donors (Lipinski definition) is 1. The molecule has 1 heterocycles. The first-order chi connectivity index (χ1) is 5.74. The average molecular weight is 171 g/mol. The van der Waals surface area contributed by atoms with Gasteiger partial charge in [0.05, 0.1) is 0 Å². The molecule has 0 aromatic heterocycles. The van der Waals surface area contributed by atoms with Crippen LogP contribution in [-0.4, -0.2) is 35.7 Å². The van der Waals surface area contributed by atoms with Crippen LogP contribution < -0.4 is 0 Å². The minimum Gasteiger partial charge on any atom is -0.396 e. The summed E-state index contributed by atoms with van der Waals surface area (Å²) in [4.78, 5) is 2.52. The fourth-order valence-electron chi connectivity index (χ4n) is 1.94. The molecule has 0 aliphatic carbocycles. The second-order valence-corrected chi connectivity index (χ2v) is 4.09. The fourth-order valence-corrected chi connectivity index (χ4v) is 1.94. The highest BCUT2D eigenvalue weighted by Crippen LogP contribution is 2.21. The standard InChI is InChI=1S/C10H21NO/c1-9(2)11-6-3-10(4-7-11)5-8-12/h9-10,12H,3-8H2,1-2H3. The molecule has 0 aromatic carbocycles. The van der Waals surface area contributed by atoms with Gasteiger partial charge in [-0.1, -0.05) is 0 Å². The molecule has 0 amide bonds. The van der Waals surface area contributed by atoms with Gasteiger partial charge in [0.2, 0.25) is 0 Å². The van der Waals surface area contributed by atoms with E-state index < -0.39 is 0 Å². The molecule has 0 radical (unpaired) electrons. The third-order valence-electron chi connectivity index (χ3n) is 2.92. The molecule has 2 heteroatoms. The van der Waals surface area contributed by atoms with E-state index in [1.54, 1.807) is 0 Å². The number of aliphatic hydroxyl groups excluding tert-OH is 1. The van der Waals surface area contributed by atoms with Gasteiger partial charge in [0, 0.05) is 12.6 Å². The highest BCUT2D eigenvalue weighted by atomic mass is 16.3. The minimum absolute atomic E-state index is 0.367. The van der Waals surface area contributed by atoms with Crippen molar-refractivity contribution in [2.45, 2.75) is 39.2 Å². The Balaban J connectivity index is 2.20. The number of aliphatic hydroxyl groups is 1. The smallest absolute Gasteiger partial charge is 0.0433 e. The van der Waals surface area contributed by atoms with Gasteiger partial charge in [-0.2, -0.15) is 0 Å². The Bertz CT molecular complexity index is 117. The van der Waals surface area contributed by atoms with Crippen molar-refractivity contribution in [3.63, 3.8) is 0 Å². The third-order valence-corrected chi connectivity index (χ3v) is 2.92. The van der Waals surface area contributed by atoms with Crippen molar-refractivity contribution >= 4 is 0 Å². The van der Waals surface area contributed by atoms with Crippen LogP contribution in [0.5, 0.6) is 0 Å². The van der Waals surface area contributed by atoms with E-state index in [2.05, 4.69) is 18.7 Å². The normalized spacial score (nSPS) is 22.0. The van der Waals surface area contributed by atoms with Crippen molar-refractivity contribution in [3.05, 3.63) is 0 Å². The Kier molecular flexibility index (Phi) is 4.02. The topological polar surface area (TPSA) is 23.5 Å². The molecule has 1 saturated heterocycles. The maximum atomic E-state index is 8.78. The summed E-state index contributed by atoms with van der Waals surface area (Å²) in [6.45, 7) is 7.33. The highest BCUT2D eigenvalue weighted by Gasteiger charge is 2.19. The zero-order valence-electron chi connectivity index (χ0n) is 8.29. The second-order valence-electron chi connectivity index (χ2n) is 4.09. The Hall–Kier alpha value is -0.0800. The summed E-state index contributed by atoms with van der Waals surface area (Å²) in [6.07, 6.45) is 3.56. The van der Waals surface area contributed by atoms with Crippen LogP contribution in [0.3, 0.4) is 0 Å². The first kappa shape index (κ1) is 10.0. The zero-order valence-corrected chi connectivity index (χ0v) is 8.29. The molecule has 1 fully saturated rings. The number of piperidine rings is 1. The summed E-state index contributed by atoms with van der Waals surface area (Å²) < 4.78 is 0. The van der Waals surface area contributed by atoms with E-state index in [-0.39, 0.29) is 0 Å². The lowest BCUT2D eigenvalue weighted by molar-refractivity contribution is 0.133. The SMILES string of the molecule is CC(C)N1CCC(CCO)CC1. The molecule has 2 nitrogen and oxygen atoms in total. The van der Waals surface area contributed by atoms with Crippen LogP contribution in [0.25, 0.3) is 0 Å². The molecular formula is C10H21NO. The predicted octanol–water partition coefficient (Wildman–Crippen LogP) is 1.49. The third kappa shape index (κ3) is 2.76. The van der Waals surface area contributed by atoms with Crippen molar-refractivity contribution < 1.29 is 5.11 Å². The van der Waals surface area contributed by atoms with Gasteiger partial charge in [0.15, 0.2) is 0 Å². The van der Waals surface area contributed by atoms with E-state index in [9.17, 15) is 0 Å². The van der Waals surface area contributed by atoms with Gasteiger partial charge in [0.25, 0.3) is 0 Å². The van der Waals surface area contributed by atoms with Crippen LogP contribution in [0.1, 0.15) is 33.1 Å². The summed E-state index contributed by atoms with van der Waals surface area (Å²) >= 11 is 0. The molecule has 1 N–H and O–H groups in total. The van der Waals surface area contributed by atoms with Gasteiger partial charge in [-0.25, -0.2) is 0 Å². The van der Waals surface area contributed by atoms with Crippen molar-refractivity contribution in [3.8, 4) is 0 Å². The second kappa shape index (κ2) is 4.83. The average Bonchev–Trinajstić information content (AvgIpc) is 2.06. The summed E-state index contributed by atoms with van der Waals surface area (Å²) in [5.74, 6) is 0.782. The van der Waals surface area contributed by atoms with Crippen molar-refractivity contribution in [1.29, 1.82) is 0 Å². The van der Waals surface area contributed by atoms with E-state index in [1.165, 1.54) is 25.9 Å². The molecule has 12 heavy (non-hydrogen) atoms. The molecule has 72 valence electrons. The molecule has 1 aliphatic rings. The van der Waals surface area contributed by atoms with Crippen LogP contribution in [-0.2, 0) is 0 Å². The van der Waals surface area contributed by atoms with Gasteiger partial charge >= 0.3 is 0 Å². The van der Waals surface area contributed by atoms with Crippen LogP contribution in [0, 0.1) is 5.92 Å². The molecular weight excluding hydrogens is 150 g/mol. The van der Waals surface area contributed by atoms with Gasteiger partial charge < -0.3 is 10.0 Å². The van der Waals surface area contributed by atoms with Crippen molar-refractivity contribution in [2.24, 2.45) is 5.92 Å². The largest absolute Gasteiger partial charge is 0.396 e. The Morgan fingerprint density at radius 1 is 1.33 bits per heavy atom. The first-order valence-corrected chi connectivity index (χ1v) is 5.09. The van der Waals surface area contributed by atoms with E-state index in [0.717, 1.165) is 12.3 Å². The highest BCUT2D eigenvalue weighted by molar-refractivity contribution is 4.73. The lowest BCUT2D eigenvalue weighted by Crippen LogP contribution is -2.38. The molecule has 0 aromatic rings. The number of hydrogen-bond acceptors (Lipinski definition) is 2. The molecule has 1 aliphatic heterocycles. The zero-order chi connectivity index (χ0) is 8.97. The van der Waals surface area contributed by atoms with Crippen molar-refractivity contribution in [2.75, 3.05) is 19.7 Å². The van der Waals surface area contributed by atoms with Crippen LogP contribution >= 0.6 is 0 Å². The summed E-state index contributed by atoms with van der Waals surface area (Å²) in [7, 11) is 0. The molecule has 0 spiro atoms. The molecule has 1 rings (SSSR count). The van der Waals surface area contributed by atoms with Crippen LogP contribution in [0.4, 0.5) is 0 Å². The lowest BCUT2D eigenvalue weighted by Gasteiger charge is -2.34. The molecule has 0 unspecified atom stereocenters. The van der Waals surface area contributed by atoms with Crippen molar-refractivity contribution in [1.82, 2.24) is 4.90 Å². The Labute approximate surface area is 75.6 Å². The van der Waals surface area contributed by atoms with E-state index in [0.29, 0.717) is 12.6 Å². The number of rotatable bonds is 3. The van der Waals surface area contributed by atoms with Crippen LogP contribution in [0.15, 0.2) is 0 Å². The van der Waals surface area contributed by atoms with Gasteiger partial charge in [-0.15, -0.1) is 0 Å². The fraction of sp³-hybridized carbons (Fsp3) is 1.00. The maximum absolute atomic E-state index is 8.78. The van der Waals surface area contributed by atoms with Gasteiger partial charge in [0.1, 0.15) is 0 Å². The summed E-state index contributed by atoms with van der Waals surface area (Å²) in [6, 6.07) is 0.695. The number of likely N-dealkylation sites (tertiary alicyclic amines) is 1. The molecule has 0 atom stereocenters. The Morgan fingerprint density at radius 2 is 1.92 bits per heavy atom. The van der Waals surface area contributed by atoms with Gasteiger partial charge in [-0.3, -0.25) is 0 Å². The monoisotopic (exact) mass is 171 g/mol. The predicted molar refractivity (Wildman–Crippen MR) is 51.1 cm³/mol. The Morgan fingerprint density at radius 3 is 2.33 bits per heavy atom. The maximum Gasteiger partial charge on any atom is 0.0433 e. The van der Waals surface area contributed by atoms with E-state index in [4.69, 9.17) is 5.11 Å². The first-order valence-electron chi connectivity index (χ1n) is 5.09. The van der Waals surface area contributed by atoms with E-state index >= 15 is 0 Å². The molecule has 0 saturated carbocycles. The summed E-state index contributed by atoms with van der Waals surface area (Å²) in [5, 5.41) is 8.78. The number of nitrogens with zero attached hydrogens (tertiary/aromatic N) is 1. The molecule has 0 bridgehead atoms. The van der Waals surface area contributed by atoms with Crippen LogP contribution in [0.2, 0.25) is 0 Å². The van der Waals surface area contributed by atoms with Gasteiger partial charge in [-0.05, 0) is 52.1 Å². The van der Waals surface area contributed by atoms with E-state index in [1.807, 2.05) is 0 Å². The minimum atomic E-state index is 0.367.